The molecule has 11 heteroatoms. The van der Waals surface area contributed by atoms with Crippen LogP contribution in [0.3, 0.4) is 0 Å². The van der Waals surface area contributed by atoms with Gasteiger partial charge in [-0.1, -0.05) is 6.07 Å². The molecule has 0 aliphatic rings. The summed E-state index contributed by atoms with van der Waals surface area (Å²) in [5.74, 6) is -0.0459. The number of alkyl halides is 6. The molecule has 5 nitrogen and oxygen atoms in total. The minimum absolute atomic E-state index is 0.0595. The lowest BCUT2D eigenvalue weighted by Crippen LogP contribution is -2.16. The third-order valence-electron chi connectivity index (χ3n) is 4.30. The van der Waals surface area contributed by atoms with Crippen molar-refractivity contribution in [1.82, 2.24) is 14.8 Å². The molecule has 0 spiro atoms. The van der Waals surface area contributed by atoms with Crippen LogP contribution in [0.4, 0.5) is 43.7 Å². The number of nitrogens with two attached hydrogens (primary N) is 1. The van der Waals surface area contributed by atoms with E-state index in [0.717, 1.165) is 18.2 Å². The first kappa shape index (κ1) is 20.5. The predicted molar refractivity (Wildman–Crippen MR) is 95.4 cm³/mol. The van der Waals surface area contributed by atoms with E-state index in [4.69, 9.17) is 5.73 Å². The van der Waals surface area contributed by atoms with Gasteiger partial charge in [-0.15, -0.1) is 10.2 Å². The van der Waals surface area contributed by atoms with Crippen molar-refractivity contribution in [2.75, 3.05) is 17.7 Å². The van der Waals surface area contributed by atoms with Crippen LogP contribution in [0.2, 0.25) is 0 Å². The lowest BCUT2D eigenvalue weighted by atomic mass is 10.1. The summed E-state index contributed by atoms with van der Waals surface area (Å²) in [4.78, 5) is 1.30. The van der Waals surface area contributed by atoms with Gasteiger partial charge in [-0.2, -0.15) is 26.3 Å². The summed E-state index contributed by atoms with van der Waals surface area (Å²) in [6.45, 7) is 0. The minimum atomic E-state index is -4.68. The molecule has 0 saturated carbocycles. The lowest BCUT2D eigenvalue weighted by Gasteiger charge is -2.20. The van der Waals surface area contributed by atoms with Crippen molar-refractivity contribution >= 4 is 17.3 Å². The number of hydrogen-bond donors (Lipinski definition) is 1. The highest BCUT2D eigenvalue weighted by molar-refractivity contribution is 5.68. The summed E-state index contributed by atoms with van der Waals surface area (Å²) in [5.41, 5.74) is 3.47. The number of nitrogens with zero attached hydrogens (tertiary/aromatic N) is 4. The molecule has 1 heterocycles. The van der Waals surface area contributed by atoms with Crippen LogP contribution in [0.1, 0.15) is 11.1 Å². The molecule has 0 radical (unpaired) electrons. The van der Waals surface area contributed by atoms with Crippen LogP contribution in [0, 0.1) is 0 Å². The first-order chi connectivity index (χ1) is 13.4. The Hall–Kier alpha value is -3.24. The van der Waals surface area contributed by atoms with Crippen molar-refractivity contribution in [3.63, 3.8) is 0 Å². The molecular weight excluding hydrogens is 400 g/mol. The van der Waals surface area contributed by atoms with E-state index < -0.39 is 23.5 Å². The van der Waals surface area contributed by atoms with Gasteiger partial charge in [-0.05, 0) is 36.4 Å². The summed E-state index contributed by atoms with van der Waals surface area (Å²) in [7, 11) is 2.86. The molecule has 2 aromatic carbocycles. The maximum Gasteiger partial charge on any atom is 0.417 e. The average Bonchev–Trinajstić information content (AvgIpc) is 3.01. The number of benzene rings is 2. The maximum atomic E-state index is 13.4. The van der Waals surface area contributed by atoms with Gasteiger partial charge in [0.25, 0.3) is 0 Å². The van der Waals surface area contributed by atoms with Crippen molar-refractivity contribution in [1.29, 1.82) is 0 Å². The van der Waals surface area contributed by atoms with Crippen LogP contribution < -0.4 is 10.6 Å². The average molecular weight is 415 g/mol. The van der Waals surface area contributed by atoms with Gasteiger partial charge in [0.15, 0.2) is 5.82 Å². The number of halogens is 6. The second kappa shape index (κ2) is 6.98. The first-order valence-corrected chi connectivity index (χ1v) is 8.17. The fourth-order valence-corrected chi connectivity index (χ4v) is 2.85. The van der Waals surface area contributed by atoms with Crippen molar-refractivity contribution in [2.45, 2.75) is 12.4 Å². The standard InChI is InChI=1S/C18H15F6N5/c1-28(12-5-3-4-10(8-12)17(19,20)21)16-27-26-15(29(16)2)13-7-6-11(25)9-14(13)18(22,23)24/h3-9H,25H2,1-2H3. The number of nitrogen functional groups attached to an aromatic ring is 1. The molecular formula is C18H15F6N5. The molecule has 0 atom stereocenters. The van der Waals surface area contributed by atoms with E-state index in [1.807, 2.05) is 0 Å². The summed E-state index contributed by atoms with van der Waals surface area (Å²) in [6.07, 6.45) is -9.21. The summed E-state index contributed by atoms with van der Waals surface area (Å²) in [6, 6.07) is 7.76. The van der Waals surface area contributed by atoms with Crippen LogP contribution in [0.25, 0.3) is 11.4 Å². The number of rotatable bonds is 3. The molecule has 1 aromatic heterocycles. The zero-order valence-electron chi connectivity index (χ0n) is 15.2. The second-order valence-electron chi connectivity index (χ2n) is 6.29. The van der Waals surface area contributed by atoms with Gasteiger partial charge in [0.1, 0.15) is 0 Å². The van der Waals surface area contributed by atoms with Gasteiger partial charge in [-0.3, -0.25) is 4.57 Å². The van der Waals surface area contributed by atoms with Gasteiger partial charge >= 0.3 is 12.4 Å². The molecule has 0 saturated heterocycles. The normalized spacial score (nSPS) is 12.3. The molecule has 29 heavy (non-hydrogen) atoms. The molecule has 0 unspecified atom stereocenters. The Labute approximate surface area is 161 Å². The van der Waals surface area contributed by atoms with Crippen LogP contribution in [0.5, 0.6) is 0 Å². The lowest BCUT2D eigenvalue weighted by molar-refractivity contribution is -0.138. The van der Waals surface area contributed by atoms with Gasteiger partial charge in [0, 0.05) is 31.0 Å². The zero-order chi connectivity index (χ0) is 21.6. The molecule has 0 fully saturated rings. The Balaban J connectivity index is 2.06. The second-order valence-corrected chi connectivity index (χ2v) is 6.29. The Bertz CT molecular complexity index is 1040. The predicted octanol–water partition coefficient (Wildman–Crippen LogP) is 4.87. The monoisotopic (exact) mass is 415 g/mol. The van der Waals surface area contributed by atoms with Crippen molar-refractivity contribution in [3.8, 4) is 11.4 Å². The van der Waals surface area contributed by atoms with E-state index in [-0.39, 0.29) is 28.7 Å². The quantitative estimate of drug-likeness (QED) is 0.490. The van der Waals surface area contributed by atoms with E-state index in [9.17, 15) is 26.3 Å². The number of aromatic nitrogens is 3. The fraction of sp³-hybridized carbons (Fsp3) is 0.222. The van der Waals surface area contributed by atoms with E-state index in [0.29, 0.717) is 0 Å². The van der Waals surface area contributed by atoms with Crippen LogP contribution in [-0.4, -0.2) is 21.8 Å². The van der Waals surface area contributed by atoms with Crippen LogP contribution in [0.15, 0.2) is 42.5 Å². The Kier molecular flexibility index (Phi) is 4.93. The van der Waals surface area contributed by atoms with Crippen LogP contribution in [-0.2, 0) is 19.4 Å². The molecule has 0 aliphatic heterocycles. The number of hydrogen-bond acceptors (Lipinski definition) is 4. The van der Waals surface area contributed by atoms with Crippen molar-refractivity contribution in [3.05, 3.63) is 53.6 Å². The maximum absolute atomic E-state index is 13.4. The molecule has 3 rings (SSSR count). The molecule has 3 aromatic rings. The highest BCUT2D eigenvalue weighted by Crippen LogP contribution is 2.39. The highest BCUT2D eigenvalue weighted by Gasteiger charge is 2.35. The summed E-state index contributed by atoms with van der Waals surface area (Å²) in [5, 5.41) is 7.68. The highest BCUT2D eigenvalue weighted by atomic mass is 19.4. The molecule has 0 bridgehead atoms. The van der Waals surface area contributed by atoms with Crippen LogP contribution >= 0.6 is 0 Å². The smallest absolute Gasteiger partial charge is 0.399 e. The largest absolute Gasteiger partial charge is 0.417 e. The van der Waals surface area contributed by atoms with Gasteiger partial charge in [0.05, 0.1) is 11.1 Å². The summed E-state index contributed by atoms with van der Waals surface area (Å²) < 4.78 is 80.3. The Morgan fingerprint density at radius 2 is 1.62 bits per heavy atom. The molecule has 0 aliphatic carbocycles. The van der Waals surface area contributed by atoms with Gasteiger partial charge < -0.3 is 10.6 Å². The first-order valence-electron chi connectivity index (χ1n) is 8.17. The SMILES string of the molecule is CN(c1cccc(C(F)(F)F)c1)c1nnc(-c2ccc(N)cc2C(F)(F)F)n1C. The van der Waals surface area contributed by atoms with E-state index in [1.165, 1.54) is 47.8 Å². The van der Waals surface area contributed by atoms with E-state index >= 15 is 0 Å². The Morgan fingerprint density at radius 3 is 2.24 bits per heavy atom. The van der Waals surface area contributed by atoms with Gasteiger partial charge in [0.2, 0.25) is 5.95 Å². The van der Waals surface area contributed by atoms with Crippen molar-refractivity contribution in [2.24, 2.45) is 7.05 Å². The topological polar surface area (TPSA) is 60.0 Å². The van der Waals surface area contributed by atoms with Crippen molar-refractivity contribution < 1.29 is 26.3 Å². The van der Waals surface area contributed by atoms with Gasteiger partial charge in [-0.25, -0.2) is 0 Å². The number of anilines is 3. The molecule has 0 amide bonds. The van der Waals surface area contributed by atoms with E-state index in [1.54, 1.807) is 0 Å². The molecule has 154 valence electrons. The zero-order valence-corrected chi connectivity index (χ0v) is 15.2. The van der Waals surface area contributed by atoms with E-state index in [2.05, 4.69) is 10.2 Å². The summed E-state index contributed by atoms with van der Waals surface area (Å²) >= 11 is 0. The Morgan fingerprint density at radius 1 is 0.931 bits per heavy atom. The minimum Gasteiger partial charge on any atom is -0.399 e. The third kappa shape index (κ3) is 3.98. The fourth-order valence-electron chi connectivity index (χ4n) is 2.85. The third-order valence-corrected chi connectivity index (χ3v) is 4.30. The molecule has 2 N–H and O–H groups in total.